The summed E-state index contributed by atoms with van der Waals surface area (Å²) in [5.74, 6) is 1.09. The van der Waals surface area contributed by atoms with Gasteiger partial charge >= 0.3 is 0 Å². The summed E-state index contributed by atoms with van der Waals surface area (Å²) in [5.41, 5.74) is 2.05. The summed E-state index contributed by atoms with van der Waals surface area (Å²) >= 11 is 3.04. The largest absolute Gasteiger partial charge is 0.355 e. The van der Waals surface area contributed by atoms with Crippen LogP contribution in [0.2, 0.25) is 0 Å². The zero-order valence-electron chi connectivity index (χ0n) is 14.3. The average Bonchev–Trinajstić information content (AvgIpc) is 3.14. The zero-order valence-corrected chi connectivity index (χ0v) is 16.0. The third-order valence-corrected chi connectivity index (χ3v) is 5.42. The van der Waals surface area contributed by atoms with Crippen LogP contribution < -0.4 is 5.32 Å². The van der Waals surface area contributed by atoms with E-state index in [1.807, 2.05) is 49.4 Å². The van der Waals surface area contributed by atoms with E-state index < -0.39 is 0 Å². The molecule has 0 atom stereocenters. The first-order valence-electron chi connectivity index (χ1n) is 8.15. The molecule has 0 bridgehead atoms. The lowest BCUT2D eigenvalue weighted by Crippen LogP contribution is -2.27. The van der Waals surface area contributed by atoms with E-state index in [0.717, 1.165) is 11.4 Å². The fraction of sp³-hybridized carbons (Fsp3) is 0.222. The third-order valence-electron chi connectivity index (χ3n) is 3.49. The van der Waals surface area contributed by atoms with Crippen LogP contribution in [0.5, 0.6) is 0 Å². The SMILES string of the molecule is Cc1ccc(-n2nnnc2SCC(=O)NCCSc2ccccc2)cc1. The molecular formula is C18H19N5OS2. The quantitative estimate of drug-likeness (QED) is 0.475. The highest BCUT2D eigenvalue weighted by molar-refractivity contribution is 7.99. The van der Waals surface area contributed by atoms with E-state index in [9.17, 15) is 4.79 Å². The number of hydrogen-bond donors (Lipinski definition) is 1. The van der Waals surface area contributed by atoms with E-state index in [2.05, 4.69) is 33.0 Å². The van der Waals surface area contributed by atoms with E-state index in [4.69, 9.17) is 0 Å². The minimum absolute atomic E-state index is 0.0258. The van der Waals surface area contributed by atoms with Crippen molar-refractivity contribution in [1.29, 1.82) is 0 Å². The summed E-state index contributed by atoms with van der Waals surface area (Å²) in [5, 5.41) is 15.2. The molecular weight excluding hydrogens is 366 g/mol. The van der Waals surface area contributed by atoms with Crippen LogP contribution in [0.4, 0.5) is 0 Å². The number of carbonyl (C=O) groups is 1. The van der Waals surface area contributed by atoms with Gasteiger partial charge in [0.2, 0.25) is 11.1 Å². The molecule has 0 aliphatic rings. The highest BCUT2D eigenvalue weighted by Crippen LogP contribution is 2.18. The van der Waals surface area contributed by atoms with Crippen molar-refractivity contribution in [3.05, 3.63) is 60.2 Å². The first-order chi connectivity index (χ1) is 12.7. The molecule has 3 rings (SSSR count). The van der Waals surface area contributed by atoms with Crippen LogP contribution in [-0.2, 0) is 4.79 Å². The maximum atomic E-state index is 12.0. The van der Waals surface area contributed by atoms with E-state index in [0.29, 0.717) is 11.7 Å². The molecule has 1 amide bonds. The standard InChI is InChI=1S/C18H19N5OS2/c1-14-7-9-15(10-8-14)23-18(20-21-22-23)26-13-17(24)19-11-12-25-16-5-3-2-4-6-16/h2-10H,11-13H2,1H3,(H,19,24). The van der Waals surface area contributed by atoms with Gasteiger partial charge < -0.3 is 5.32 Å². The molecule has 3 aromatic rings. The van der Waals surface area contributed by atoms with Crippen molar-refractivity contribution in [2.24, 2.45) is 0 Å². The van der Waals surface area contributed by atoms with Crippen LogP contribution in [0.3, 0.4) is 0 Å². The molecule has 0 aliphatic carbocycles. The number of amides is 1. The van der Waals surface area contributed by atoms with Crippen LogP contribution in [0, 0.1) is 6.92 Å². The molecule has 134 valence electrons. The van der Waals surface area contributed by atoms with Crippen molar-refractivity contribution in [2.45, 2.75) is 17.0 Å². The van der Waals surface area contributed by atoms with Gasteiger partial charge in [-0.15, -0.1) is 16.9 Å². The van der Waals surface area contributed by atoms with E-state index in [-0.39, 0.29) is 11.7 Å². The fourth-order valence-corrected chi connectivity index (χ4v) is 3.68. The van der Waals surface area contributed by atoms with Crippen LogP contribution in [-0.4, -0.2) is 44.2 Å². The average molecular weight is 386 g/mol. The highest BCUT2D eigenvalue weighted by atomic mass is 32.2. The van der Waals surface area contributed by atoms with Crippen molar-refractivity contribution in [2.75, 3.05) is 18.1 Å². The van der Waals surface area contributed by atoms with Gasteiger partial charge in [-0.05, 0) is 41.6 Å². The van der Waals surface area contributed by atoms with Gasteiger partial charge in [-0.1, -0.05) is 47.7 Å². The van der Waals surface area contributed by atoms with Crippen molar-refractivity contribution in [3.8, 4) is 5.69 Å². The fourth-order valence-electron chi connectivity index (χ4n) is 2.17. The second kappa shape index (κ2) is 9.40. The summed E-state index contributed by atoms with van der Waals surface area (Å²) in [7, 11) is 0. The number of hydrogen-bond acceptors (Lipinski definition) is 6. The van der Waals surface area contributed by atoms with Crippen molar-refractivity contribution < 1.29 is 4.79 Å². The molecule has 0 saturated heterocycles. The van der Waals surface area contributed by atoms with Crippen LogP contribution in [0.25, 0.3) is 5.69 Å². The lowest BCUT2D eigenvalue weighted by atomic mass is 10.2. The van der Waals surface area contributed by atoms with Gasteiger partial charge in [0.15, 0.2) is 0 Å². The Labute approximate surface area is 160 Å². The summed E-state index contributed by atoms with van der Waals surface area (Å²) < 4.78 is 1.64. The molecule has 0 unspecified atom stereocenters. The Morgan fingerprint density at radius 3 is 2.62 bits per heavy atom. The number of aromatic nitrogens is 4. The number of thioether (sulfide) groups is 2. The number of tetrazole rings is 1. The van der Waals surface area contributed by atoms with Crippen LogP contribution in [0.15, 0.2) is 64.6 Å². The Morgan fingerprint density at radius 2 is 1.85 bits per heavy atom. The van der Waals surface area contributed by atoms with Crippen LogP contribution in [0.1, 0.15) is 5.56 Å². The molecule has 1 aromatic heterocycles. The molecule has 0 spiro atoms. The molecule has 6 nitrogen and oxygen atoms in total. The minimum Gasteiger partial charge on any atom is -0.355 e. The summed E-state index contributed by atoms with van der Waals surface area (Å²) in [6.07, 6.45) is 0. The number of benzene rings is 2. The van der Waals surface area contributed by atoms with Gasteiger partial charge in [-0.25, -0.2) is 0 Å². The van der Waals surface area contributed by atoms with Gasteiger partial charge in [0.25, 0.3) is 0 Å². The lowest BCUT2D eigenvalue weighted by molar-refractivity contribution is -0.118. The molecule has 0 aliphatic heterocycles. The lowest BCUT2D eigenvalue weighted by Gasteiger charge is -2.06. The Balaban J connectivity index is 1.43. The van der Waals surface area contributed by atoms with E-state index in [1.165, 1.54) is 22.2 Å². The van der Waals surface area contributed by atoms with Gasteiger partial charge in [0, 0.05) is 17.2 Å². The smallest absolute Gasteiger partial charge is 0.230 e. The second-order valence-electron chi connectivity index (χ2n) is 5.51. The van der Waals surface area contributed by atoms with Gasteiger partial charge in [0.1, 0.15) is 0 Å². The Hall–Kier alpha value is -2.32. The number of carbonyl (C=O) groups excluding carboxylic acids is 1. The number of rotatable bonds is 8. The van der Waals surface area contributed by atoms with Gasteiger partial charge in [-0.2, -0.15) is 4.68 Å². The predicted molar refractivity (Wildman–Crippen MR) is 105 cm³/mol. The van der Waals surface area contributed by atoms with E-state index in [1.54, 1.807) is 16.4 Å². The molecule has 0 radical (unpaired) electrons. The number of aryl methyl sites for hydroxylation is 1. The molecule has 0 fully saturated rings. The van der Waals surface area contributed by atoms with Gasteiger partial charge in [-0.3, -0.25) is 4.79 Å². The molecule has 26 heavy (non-hydrogen) atoms. The third kappa shape index (κ3) is 5.34. The zero-order chi connectivity index (χ0) is 18.2. The number of nitrogens with zero attached hydrogens (tertiary/aromatic N) is 4. The van der Waals surface area contributed by atoms with Gasteiger partial charge in [0.05, 0.1) is 11.4 Å². The summed E-state index contributed by atoms with van der Waals surface area (Å²) in [6.45, 7) is 2.65. The molecule has 0 saturated carbocycles. The first-order valence-corrected chi connectivity index (χ1v) is 10.1. The Bertz CT molecular complexity index is 836. The van der Waals surface area contributed by atoms with E-state index >= 15 is 0 Å². The maximum absolute atomic E-state index is 12.0. The second-order valence-corrected chi connectivity index (χ2v) is 7.62. The van der Waals surface area contributed by atoms with Crippen molar-refractivity contribution >= 4 is 29.4 Å². The molecule has 1 heterocycles. The first kappa shape index (κ1) is 18.5. The molecule has 8 heteroatoms. The van der Waals surface area contributed by atoms with Crippen LogP contribution >= 0.6 is 23.5 Å². The Kier molecular flexibility index (Phi) is 6.68. The monoisotopic (exact) mass is 385 g/mol. The number of nitrogens with one attached hydrogen (secondary N) is 1. The highest BCUT2D eigenvalue weighted by Gasteiger charge is 2.11. The molecule has 2 aromatic carbocycles. The van der Waals surface area contributed by atoms with Crippen molar-refractivity contribution in [1.82, 2.24) is 25.5 Å². The summed E-state index contributed by atoms with van der Waals surface area (Å²) in [6, 6.07) is 18.1. The summed E-state index contributed by atoms with van der Waals surface area (Å²) in [4.78, 5) is 13.2. The normalized spacial score (nSPS) is 10.7. The minimum atomic E-state index is -0.0258. The predicted octanol–water partition coefficient (Wildman–Crippen LogP) is 2.97. The molecule has 1 N–H and O–H groups in total. The van der Waals surface area contributed by atoms with Crippen molar-refractivity contribution in [3.63, 3.8) is 0 Å². The Morgan fingerprint density at radius 1 is 1.08 bits per heavy atom. The topological polar surface area (TPSA) is 72.7 Å². The maximum Gasteiger partial charge on any atom is 0.230 e.